The lowest BCUT2D eigenvalue weighted by atomic mass is 10.2. The predicted molar refractivity (Wildman–Crippen MR) is 77.2 cm³/mol. The first-order chi connectivity index (χ1) is 9.47. The van der Waals surface area contributed by atoms with Gasteiger partial charge in [-0.25, -0.2) is 4.39 Å². The van der Waals surface area contributed by atoms with Crippen molar-refractivity contribution in [2.45, 2.75) is 6.42 Å². The average Bonchev–Trinajstić information content (AvgIpc) is 2.73. The third kappa shape index (κ3) is 3.51. The third-order valence-corrected chi connectivity index (χ3v) is 4.21. The summed E-state index contributed by atoms with van der Waals surface area (Å²) in [6, 6.07) is 5.23. The van der Waals surface area contributed by atoms with E-state index in [0.717, 1.165) is 14.7 Å². The summed E-state index contributed by atoms with van der Waals surface area (Å²) in [5.74, 6) is -2.04. The summed E-state index contributed by atoms with van der Waals surface area (Å²) in [4.78, 5) is 11.0. The first kappa shape index (κ1) is 14.9. The molecular formula is C12H9BrF2N2O2S. The molecule has 20 heavy (non-hydrogen) atoms. The lowest BCUT2D eigenvalue weighted by Gasteiger charge is -2.07. The standard InChI is InChI=1S/C12H9BrF2N2O2S/c13-11-2-1-8(20-11)3-4-16-10-6-7(14)5-9(15)12(10)17(18)19/h1-2,5-6,16H,3-4H2. The summed E-state index contributed by atoms with van der Waals surface area (Å²) in [7, 11) is 0. The quantitative estimate of drug-likeness (QED) is 0.635. The number of thiophene rings is 1. The van der Waals surface area contributed by atoms with Crippen LogP contribution in [0.3, 0.4) is 0 Å². The molecule has 0 aliphatic rings. The normalized spacial score (nSPS) is 10.6. The van der Waals surface area contributed by atoms with Crippen LogP contribution in [0, 0.1) is 21.7 Å². The largest absolute Gasteiger partial charge is 0.379 e. The van der Waals surface area contributed by atoms with Crippen molar-refractivity contribution in [2.24, 2.45) is 0 Å². The number of anilines is 1. The van der Waals surface area contributed by atoms with Crippen LogP contribution in [0.15, 0.2) is 28.1 Å². The molecule has 0 saturated heterocycles. The minimum Gasteiger partial charge on any atom is -0.379 e. The van der Waals surface area contributed by atoms with Crippen molar-refractivity contribution in [3.05, 3.63) is 54.7 Å². The zero-order chi connectivity index (χ0) is 14.7. The van der Waals surface area contributed by atoms with Gasteiger partial charge in [0.25, 0.3) is 0 Å². The molecule has 0 radical (unpaired) electrons. The maximum absolute atomic E-state index is 13.4. The van der Waals surface area contributed by atoms with E-state index in [0.29, 0.717) is 19.0 Å². The minimum absolute atomic E-state index is 0.150. The van der Waals surface area contributed by atoms with Gasteiger partial charge in [-0.15, -0.1) is 11.3 Å². The number of hydrogen-bond donors (Lipinski definition) is 1. The molecule has 2 aromatic rings. The van der Waals surface area contributed by atoms with Crippen LogP contribution in [0.25, 0.3) is 0 Å². The Morgan fingerprint density at radius 3 is 2.70 bits per heavy atom. The van der Waals surface area contributed by atoms with Gasteiger partial charge in [0.2, 0.25) is 5.82 Å². The molecule has 106 valence electrons. The Bertz CT molecular complexity index is 648. The molecule has 0 amide bonds. The number of nitrogens with one attached hydrogen (secondary N) is 1. The van der Waals surface area contributed by atoms with Crippen LogP contribution >= 0.6 is 27.3 Å². The van der Waals surface area contributed by atoms with Crippen molar-refractivity contribution >= 4 is 38.6 Å². The van der Waals surface area contributed by atoms with Crippen molar-refractivity contribution in [1.29, 1.82) is 0 Å². The van der Waals surface area contributed by atoms with Crippen molar-refractivity contribution in [3.63, 3.8) is 0 Å². The minimum atomic E-state index is -1.18. The Balaban J connectivity index is 2.10. The van der Waals surface area contributed by atoms with Crippen LogP contribution in [0.1, 0.15) is 4.88 Å². The van der Waals surface area contributed by atoms with Gasteiger partial charge in [0.15, 0.2) is 0 Å². The van der Waals surface area contributed by atoms with E-state index in [4.69, 9.17) is 0 Å². The molecule has 0 fully saturated rings. The maximum atomic E-state index is 13.4. The van der Waals surface area contributed by atoms with E-state index < -0.39 is 22.2 Å². The zero-order valence-corrected chi connectivity index (χ0v) is 12.4. The van der Waals surface area contributed by atoms with E-state index in [2.05, 4.69) is 21.2 Å². The topological polar surface area (TPSA) is 55.2 Å². The second kappa shape index (κ2) is 6.27. The summed E-state index contributed by atoms with van der Waals surface area (Å²) in [6.07, 6.45) is 0.603. The van der Waals surface area contributed by atoms with E-state index in [-0.39, 0.29) is 5.69 Å². The van der Waals surface area contributed by atoms with Crippen LogP contribution < -0.4 is 5.32 Å². The van der Waals surface area contributed by atoms with Gasteiger partial charge in [-0.1, -0.05) is 0 Å². The molecule has 0 aliphatic carbocycles. The Kier molecular flexibility index (Phi) is 4.66. The van der Waals surface area contributed by atoms with E-state index in [1.165, 1.54) is 11.3 Å². The highest BCUT2D eigenvalue weighted by Crippen LogP contribution is 2.29. The number of halogens is 3. The van der Waals surface area contributed by atoms with Gasteiger partial charge in [0.1, 0.15) is 11.5 Å². The lowest BCUT2D eigenvalue weighted by Crippen LogP contribution is -2.08. The summed E-state index contributed by atoms with van der Waals surface area (Å²) >= 11 is 4.86. The van der Waals surface area contributed by atoms with Gasteiger partial charge in [-0.2, -0.15) is 4.39 Å². The monoisotopic (exact) mass is 362 g/mol. The Labute approximate surface area is 125 Å². The number of rotatable bonds is 5. The number of nitro groups is 1. The smallest absolute Gasteiger partial charge is 0.327 e. The fourth-order valence-electron chi connectivity index (χ4n) is 1.69. The number of hydrogen-bond acceptors (Lipinski definition) is 4. The van der Waals surface area contributed by atoms with Crippen molar-refractivity contribution < 1.29 is 13.7 Å². The molecule has 4 nitrogen and oxygen atoms in total. The first-order valence-electron chi connectivity index (χ1n) is 5.59. The summed E-state index contributed by atoms with van der Waals surface area (Å²) in [5.41, 5.74) is -0.887. The molecule has 0 saturated carbocycles. The van der Waals surface area contributed by atoms with Gasteiger partial charge >= 0.3 is 5.69 Å². The molecule has 0 bridgehead atoms. The van der Waals surface area contributed by atoms with E-state index >= 15 is 0 Å². The van der Waals surface area contributed by atoms with Gasteiger partial charge in [-0.05, 0) is 34.5 Å². The van der Waals surface area contributed by atoms with Gasteiger partial charge in [-0.3, -0.25) is 10.1 Å². The van der Waals surface area contributed by atoms with Crippen molar-refractivity contribution in [1.82, 2.24) is 0 Å². The second-order valence-electron chi connectivity index (χ2n) is 3.92. The van der Waals surface area contributed by atoms with Crippen molar-refractivity contribution in [3.8, 4) is 0 Å². The summed E-state index contributed by atoms with van der Waals surface area (Å²) in [5, 5.41) is 13.5. The number of nitrogens with zero attached hydrogens (tertiary/aromatic N) is 1. The molecule has 1 aromatic heterocycles. The maximum Gasteiger partial charge on any atom is 0.327 e. The number of nitro benzene ring substituents is 1. The molecule has 0 unspecified atom stereocenters. The Morgan fingerprint density at radius 2 is 2.10 bits per heavy atom. The Hall–Kier alpha value is -1.54. The van der Waals surface area contributed by atoms with E-state index in [9.17, 15) is 18.9 Å². The van der Waals surface area contributed by atoms with Gasteiger partial charge < -0.3 is 5.32 Å². The molecule has 0 aliphatic heterocycles. The molecule has 1 N–H and O–H groups in total. The van der Waals surface area contributed by atoms with E-state index in [1.54, 1.807) is 0 Å². The Morgan fingerprint density at radius 1 is 1.35 bits per heavy atom. The van der Waals surface area contributed by atoms with E-state index in [1.807, 2.05) is 12.1 Å². The summed E-state index contributed by atoms with van der Waals surface area (Å²) < 4.78 is 27.5. The van der Waals surface area contributed by atoms with Gasteiger partial charge in [0.05, 0.1) is 8.71 Å². The fraction of sp³-hybridized carbons (Fsp3) is 0.167. The highest BCUT2D eigenvalue weighted by molar-refractivity contribution is 9.11. The molecule has 2 rings (SSSR count). The average molecular weight is 363 g/mol. The SMILES string of the molecule is O=[N+]([O-])c1c(F)cc(F)cc1NCCc1ccc(Br)s1. The highest BCUT2D eigenvalue weighted by Gasteiger charge is 2.21. The lowest BCUT2D eigenvalue weighted by molar-refractivity contribution is -0.386. The molecule has 0 atom stereocenters. The third-order valence-electron chi connectivity index (χ3n) is 2.53. The van der Waals surface area contributed by atoms with Crippen LogP contribution in [-0.2, 0) is 6.42 Å². The molecule has 1 heterocycles. The van der Waals surface area contributed by atoms with Crippen LogP contribution in [-0.4, -0.2) is 11.5 Å². The molecule has 0 spiro atoms. The second-order valence-corrected chi connectivity index (χ2v) is 6.47. The van der Waals surface area contributed by atoms with Crippen molar-refractivity contribution in [2.75, 3.05) is 11.9 Å². The highest BCUT2D eigenvalue weighted by atomic mass is 79.9. The van der Waals surface area contributed by atoms with Crippen LogP contribution in [0.4, 0.5) is 20.2 Å². The fourth-order valence-corrected chi connectivity index (χ4v) is 3.18. The number of benzene rings is 1. The molecule has 1 aromatic carbocycles. The van der Waals surface area contributed by atoms with Gasteiger partial charge in [0, 0.05) is 23.6 Å². The summed E-state index contributed by atoms with van der Waals surface area (Å²) in [6.45, 7) is 0.344. The van der Waals surface area contributed by atoms with Crippen LogP contribution in [0.5, 0.6) is 0 Å². The molecule has 8 heteroatoms. The first-order valence-corrected chi connectivity index (χ1v) is 7.20. The molecular weight excluding hydrogens is 354 g/mol. The van der Waals surface area contributed by atoms with Crippen LogP contribution in [0.2, 0.25) is 0 Å². The predicted octanol–water partition coefficient (Wildman–Crippen LogP) is 4.35. The zero-order valence-electron chi connectivity index (χ0n) is 10.0.